The Morgan fingerprint density at radius 2 is 2.04 bits per heavy atom. The van der Waals surface area contributed by atoms with Crippen molar-refractivity contribution in [3.63, 3.8) is 0 Å². The highest BCUT2D eigenvalue weighted by Gasteiger charge is 2.53. The second kappa shape index (κ2) is 5.36. The number of fused-ring (bicyclic) bond motifs is 5. The lowest BCUT2D eigenvalue weighted by Crippen LogP contribution is -2.41. The molecule has 1 amide bonds. The van der Waals surface area contributed by atoms with Crippen LogP contribution in [0.3, 0.4) is 0 Å². The number of anilines is 1. The van der Waals surface area contributed by atoms with Crippen molar-refractivity contribution < 1.29 is 4.79 Å². The van der Waals surface area contributed by atoms with Gasteiger partial charge in [-0.05, 0) is 97.3 Å². The Kier molecular flexibility index (Phi) is 3.55. The van der Waals surface area contributed by atoms with Gasteiger partial charge in [-0.1, -0.05) is 19.9 Å². The summed E-state index contributed by atoms with van der Waals surface area (Å²) in [4.78, 5) is 10.8. The summed E-state index contributed by atoms with van der Waals surface area (Å²) >= 11 is 0. The van der Waals surface area contributed by atoms with Gasteiger partial charge < -0.3 is 5.32 Å². The summed E-state index contributed by atoms with van der Waals surface area (Å²) in [5, 5.41) is 2.87. The van der Waals surface area contributed by atoms with Crippen LogP contribution in [0.15, 0.2) is 12.1 Å². The van der Waals surface area contributed by atoms with E-state index >= 15 is 0 Å². The Bertz CT molecular complexity index is 637. The number of hydrogen-bond donors (Lipinski definition) is 1. The Morgan fingerprint density at radius 3 is 2.83 bits per heavy atom. The Balaban J connectivity index is 1.69. The molecule has 3 aliphatic carbocycles. The van der Waals surface area contributed by atoms with Gasteiger partial charge in [0.15, 0.2) is 0 Å². The molecule has 1 N–H and O–H groups in total. The van der Waals surface area contributed by atoms with Gasteiger partial charge in [-0.2, -0.15) is 0 Å². The predicted molar refractivity (Wildman–Crippen MR) is 94.6 cm³/mol. The first-order valence-corrected chi connectivity index (χ1v) is 9.38. The zero-order valence-corrected chi connectivity index (χ0v) is 14.7. The standard InChI is InChI=1S/C21H29NO/c1-13-10-18-15(11-20(13)22-12-23)5-6-17-16(18)8-9-21(3)14(2)4-7-19(17)21/h10-12,14,16-17,19H,4-9H2,1-3H3,(H,22,23)/t14?,16?,17?,19?,21-/m1/s1. The largest absolute Gasteiger partial charge is 0.328 e. The van der Waals surface area contributed by atoms with Crippen molar-refractivity contribution in [1.29, 1.82) is 0 Å². The summed E-state index contributed by atoms with van der Waals surface area (Å²) in [6.07, 6.45) is 8.95. The lowest BCUT2D eigenvalue weighted by molar-refractivity contribution is -0.105. The molecule has 0 aromatic heterocycles. The maximum absolute atomic E-state index is 10.8. The maximum Gasteiger partial charge on any atom is 0.211 e. The molecule has 2 heteroatoms. The molecule has 0 saturated heterocycles. The fourth-order valence-electron chi connectivity index (χ4n) is 6.22. The van der Waals surface area contributed by atoms with Crippen LogP contribution >= 0.6 is 0 Å². The molecule has 2 saturated carbocycles. The molecule has 1 aromatic carbocycles. The molecule has 4 unspecified atom stereocenters. The summed E-state index contributed by atoms with van der Waals surface area (Å²) in [5.41, 5.74) is 5.87. The molecule has 2 nitrogen and oxygen atoms in total. The van der Waals surface area contributed by atoms with Gasteiger partial charge >= 0.3 is 0 Å². The lowest BCUT2D eigenvalue weighted by atomic mass is 9.54. The fourth-order valence-corrected chi connectivity index (χ4v) is 6.22. The average molecular weight is 311 g/mol. The van der Waals surface area contributed by atoms with Gasteiger partial charge in [0.05, 0.1) is 0 Å². The van der Waals surface area contributed by atoms with E-state index in [0.29, 0.717) is 5.41 Å². The van der Waals surface area contributed by atoms with Gasteiger partial charge in [0.2, 0.25) is 6.41 Å². The second-order valence-electron chi connectivity index (χ2n) is 8.57. The average Bonchev–Trinajstić information content (AvgIpc) is 2.84. The molecule has 0 radical (unpaired) electrons. The highest BCUT2D eigenvalue weighted by Crippen LogP contribution is 2.62. The van der Waals surface area contributed by atoms with E-state index in [2.05, 4.69) is 38.2 Å². The Labute approximate surface area is 140 Å². The minimum atomic E-state index is 0.590. The molecule has 23 heavy (non-hydrogen) atoms. The lowest BCUT2D eigenvalue weighted by Gasteiger charge is -2.50. The molecule has 0 heterocycles. The molecule has 5 atom stereocenters. The highest BCUT2D eigenvalue weighted by molar-refractivity contribution is 5.74. The molecule has 0 bridgehead atoms. The number of nitrogens with one attached hydrogen (secondary N) is 1. The second-order valence-corrected chi connectivity index (χ2v) is 8.57. The van der Waals surface area contributed by atoms with Crippen molar-refractivity contribution in [3.05, 3.63) is 28.8 Å². The van der Waals surface area contributed by atoms with Crippen LogP contribution in [0.4, 0.5) is 5.69 Å². The molecule has 0 aliphatic heterocycles. The van der Waals surface area contributed by atoms with Crippen LogP contribution in [0.25, 0.3) is 0 Å². The molecular weight excluding hydrogens is 282 g/mol. The van der Waals surface area contributed by atoms with Crippen LogP contribution < -0.4 is 5.32 Å². The van der Waals surface area contributed by atoms with Crippen molar-refractivity contribution in [2.75, 3.05) is 5.32 Å². The molecule has 1 aromatic rings. The van der Waals surface area contributed by atoms with E-state index in [-0.39, 0.29) is 0 Å². The van der Waals surface area contributed by atoms with E-state index in [1.165, 1.54) is 49.7 Å². The zero-order chi connectivity index (χ0) is 16.2. The smallest absolute Gasteiger partial charge is 0.211 e. The van der Waals surface area contributed by atoms with Gasteiger partial charge in [0.1, 0.15) is 0 Å². The van der Waals surface area contributed by atoms with Crippen LogP contribution in [0.2, 0.25) is 0 Å². The fraction of sp³-hybridized carbons (Fsp3) is 0.667. The first kappa shape index (κ1) is 15.2. The number of benzene rings is 1. The third-order valence-electron chi connectivity index (χ3n) is 7.76. The van der Waals surface area contributed by atoms with Gasteiger partial charge in [-0.25, -0.2) is 0 Å². The number of carbonyl (C=O) groups is 1. The van der Waals surface area contributed by atoms with E-state index < -0.39 is 0 Å². The number of amides is 1. The van der Waals surface area contributed by atoms with E-state index in [1.54, 1.807) is 5.56 Å². The van der Waals surface area contributed by atoms with Crippen LogP contribution in [0, 0.1) is 30.1 Å². The maximum atomic E-state index is 10.8. The topological polar surface area (TPSA) is 29.1 Å². The van der Waals surface area contributed by atoms with Crippen molar-refractivity contribution in [3.8, 4) is 0 Å². The Morgan fingerprint density at radius 1 is 1.22 bits per heavy atom. The monoisotopic (exact) mass is 311 g/mol. The summed E-state index contributed by atoms with van der Waals surface area (Å²) < 4.78 is 0. The van der Waals surface area contributed by atoms with E-state index in [4.69, 9.17) is 0 Å². The summed E-state index contributed by atoms with van der Waals surface area (Å²) in [6, 6.07) is 4.61. The third-order valence-corrected chi connectivity index (χ3v) is 7.76. The van der Waals surface area contributed by atoms with Crippen molar-refractivity contribution in [1.82, 2.24) is 0 Å². The molecule has 3 aliphatic rings. The molecule has 4 rings (SSSR count). The summed E-state index contributed by atoms with van der Waals surface area (Å²) in [5.74, 6) is 3.47. The van der Waals surface area contributed by atoms with Gasteiger partial charge in [0, 0.05) is 5.69 Å². The van der Waals surface area contributed by atoms with Gasteiger partial charge in [-0.3, -0.25) is 4.79 Å². The quantitative estimate of drug-likeness (QED) is 0.760. The van der Waals surface area contributed by atoms with Crippen molar-refractivity contribution in [2.24, 2.45) is 23.2 Å². The number of aryl methyl sites for hydroxylation is 2. The number of hydrogen-bond acceptors (Lipinski definition) is 1. The van der Waals surface area contributed by atoms with Crippen LogP contribution in [-0.4, -0.2) is 6.41 Å². The normalized spacial score (nSPS) is 38.4. The Hall–Kier alpha value is -1.31. The summed E-state index contributed by atoms with van der Waals surface area (Å²) in [7, 11) is 0. The third kappa shape index (κ3) is 2.17. The number of carbonyl (C=O) groups excluding carboxylic acids is 1. The van der Waals surface area contributed by atoms with Crippen LogP contribution in [0.1, 0.15) is 68.6 Å². The van der Waals surface area contributed by atoms with Gasteiger partial charge in [-0.15, -0.1) is 0 Å². The first-order chi connectivity index (χ1) is 11.0. The minimum absolute atomic E-state index is 0.590. The van der Waals surface area contributed by atoms with Gasteiger partial charge in [0.25, 0.3) is 0 Å². The molecule has 124 valence electrons. The molecule has 2 fully saturated rings. The van der Waals surface area contributed by atoms with Crippen molar-refractivity contribution >= 4 is 12.1 Å². The van der Waals surface area contributed by atoms with E-state index in [9.17, 15) is 4.79 Å². The van der Waals surface area contributed by atoms with E-state index in [1.807, 2.05) is 0 Å². The highest BCUT2D eigenvalue weighted by atomic mass is 16.1. The SMILES string of the molecule is Cc1cc2c(cc1NC=O)CCC1C2CC[C@]2(C)C(C)CCC12. The van der Waals surface area contributed by atoms with Crippen LogP contribution in [0.5, 0.6) is 0 Å². The first-order valence-electron chi connectivity index (χ1n) is 9.38. The minimum Gasteiger partial charge on any atom is -0.328 e. The molecule has 0 spiro atoms. The summed E-state index contributed by atoms with van der Waals surface area (Å²) in [6.45, 7) is 7.18. The van der Waals surface area contributed by atoms with Crippen molar-refractivity contribution in [2.45, 2.75) is 65.2 Å². The predicted octanol–water partition coefficient (Wildman–Crippen LogP) is 5.06. The zero-order valence-electron chi connectivity index (χ0n) is 14.7. The van der Waals surface area contributed by atoms with E-state index in [0.717, 1.165) is 35.8 Å². The van der Waals surface area contributed by atoms with Crippen LogP contribution in [-0.2, 0) is 11.2 Å². The number of rotatable bonds is 2. The molecular formula is C21H29NO.